The second-order valence-electron chi connectivity index (χ2n) is 4.39. The number of aromatic nitrogens is 2. The molecule has 0 unspecified atom stereocenters. The first kappa shape index (κ1) is 20.6. The van der Waals surface area contributed by atoms with Crippen molar-refractivity contribution in [3.05, 3.63) is 23.2 Å². The van der Waals surface area contributed by atoms with Gasteiger partial charge in [-0.1, -0.05) is 20.3 Å². The third-order valence-corrected chi connectivity index (χ3v) is 2.79. The van der Waals surface area contributed by atoms with Gasteiger partial charge < -0.3 is 5.11 Å². The van der Waals surface area contributed by atoms with Crippen LogP contribution in [0.1, 0.15) is 32.3 Å². The van der Waals surface area contributed by atoms with E-state index in [9.17, 15) is 13.2 Å². The highest BCUT2D eigenvalue weighted by molar-refractivity contribution is 6.28. The van der Waals surface area contributed by atoms with E-state index >= 15 is 0 Å². The first-order chi connectivity index (χ1) is 10.2. The highest BCUT2D eigenvalue weighted by Gasteiger charge is 2.38. The van der Waals surface area contributed by atoms with Gasteiger partial charge in [0.25, 0.3) is 0 Å². The molecule has 0 amide bonds. The number of alkyl halides is 3. The van der Waals surface area contributed by atoms with Gasteiger partial charge in [-0.25, -0.2) is 14.8 Å². The quantitative estimate of drug-likeness (QED) is 0.803. The summed E-state index contributed by atoms with van der Waals surface area (Å²) in [6.07, 6.45) is 0.976. The molecule has 0 saturated heterocycles. The zero-order valence-electron chi connectivity index (χ0n) is 12.4. The number of halogens is 4. The molecule has 0 aromatic carbocycles. The smallest absolute Gasteiger partial charge is 0.475 e. The van der Waals surface area contributed by atoms with Gasteiger partial charge in [-0.05, 0) is 31.1 Å². The Morgan fingerprint density at radius 1 is 1.32 bits per heavy atom. The molecule has 0 atom stereocenters. The minimum Gasteiger partial charge on any atom is -0.475 e. The predicted molar refractivity (Wildman–Crippen MR) is 76.6 cm³/mol. The third kappa shape index (κ3) is 9.51. The van der Waals surface area contributed by atoms with Crippen molar-refractivity contribution in [3.63, 3.8) is 0 Å². The van der Waals surface area contributed by atoms with Crippen molar-refractivity contribution in [3.8, 4) is 0 Å². The van der Waals surface area contributed by atoms with Gasteiger partial charge in [0, 0.05) is 24.5 Å². The lowest BCUT2D eigenvalue weighted by Gasteiger charge is -2.19. The van der Waals surface area contributed by atoms with Crippen LogP contribution in [0, 0.1) is 0 Å². The van der Waals surface area contributed by atoms with Gasteiger partial charge >= 0.3 is 12.1 Å². The molecule has 0 spiro atoms. The Morgan fingerprint density at radius 3 is 2.18 bits per heavy atom. The van der Waals surface area contributed by atoms with Crippen LogP contribution in [0.5, 0.6) is 0 Å². The number of nitrogens with zero attached hydrogens (tertiary/aromatic N) is 3. The van der Waals surface area contributed by atoms with E-state index < -0.39 is 12.1 Å². The molecule has 0 saturated carbocycles. The molecule has 5 nitrogen and oxygen atoms in total. The Morgan fingerprint density at radius 2 is 1.82 bits per heavy atom. The van der Waals surface area contributed by atoms with Gasteiger partial charge in [0.15, 0.2) is 0 Å². The van der Waals surface area contributed by atoms with E-state index in [1.807, 2.05) is 0 Å². The Hall–Kier alpha value is -1.41. The summed E-state index contributed by atoms with van der Waals surface area (Å²) in [6.45, 7) is 7.48. The van der Waals surface area contributed by atoms with Gasteiger partial charge in [0.1, 0.15) is 0 Å². The molecule has 9 heteroatoms. The number of rotatable bonds is 6. The van der Waals surface area contributed by atoms with E-state index in [1.165, 1.54) is 12.8 Å². The highest BCUT2D eigenvalue weighted by Crippen LogP contribution is 2.13. The molecule has 0 bridgehead atoms. The Bertz CT molecular complexity index is 441. The maximum Gasteiger partial charge on any atom is 0.490 e. The molecule has 0 aliphatic carbocycles. The van der Waals surface area contributed by atoms with E-state index in [0.717, 1.165) is 25.2 Å². The van der Waals surface area contributed by atoms with Gasteiger partial charge in [-0.2, -0.15) is 13.2 Å². The van der Waals surface area contributed by atoms with Crippen molar-refractivity contribution in [1.29, 1.82) is 0 Å². The molecule has 0 fully saturated rings. The molecule has 1 aromatic heterocycles. The second-order valence-corrected chi connectivity index (χ2v) is 4.72. The number of carbonyl (C=O) groups is 1. The number of carboxylic acids is 1. The van der Waals surface area contributed by atoms with Crippen molar-refractivity contribution < 1.29 is 23.1 Å². The lowest BCUT2D eigenvalue weighted by atomic mass is 10.2. The van der Waals surface area contributed by atoms with Gasteiger partial charge in [0.2, 0.25) is 5.28 Å². The SMILES string of the molecule is CCCCN(CC)Cc1cnc(Cl)nc1.O=C(O)C(F)(F)F. The van der Waals surface area contributed by atoms with Gasteiger partial charge in [-0.15, -0.1) is 0 Å². The van der Waals surface area contributed by atoms with Crippen molar-refractivity contribution >= 4 is 17.6 Å². The zero-order chi connectivity index (χ0) is 17.2. The topological polar surface area (TPSA) is 66.3 Å². The minimum atomic E-state index is -5.08. The lowest BCUT2D eigenvalue weighted by molar-refractivity contribution is -0.192. The fraction of sp³-hybridized carbons (Fsp3) is 0.615. The summed E-state index contributed by atoms with van der Waals surface area (Å²) in [7, 11) is 0. The van der Waals surface area contributed by atoms with Crippen LogP contribution in [0.15, 0.2) is 12.4 Å². The fourth-order valence-electron chi connectivity index (χ4n) is 1.41. The van der Waals surface area contributed by atoms with Crippen LogP contribution < -0.4 is 0 Å². The summed E-state index contributed by atoms with van der Waals surface area (Å²) in [4.78, 5) is 19.2. The van der Waals surface area contributed by atoms with Crippen molar-refractivity contribution in [2.24, 2.45) is 0 Å². The van der Waals surface area contributed by atoms with Crippen LogP contribution in [0.2, 0.25) is 5.28 Å². The summed E-state index contributed by atoms with van der Waals surface area (Å²) in [5, 5.41) is 7.44. The molecule has 1 aromatic rings. The zero-order valence-corrected chi connectivity index (χ0v) is 13.2. The van der Waals surface area contributed by atoms with Crippen LogP contribution >= 0.6 is 11.6 Å². The van der Waals surface area contributed by atoms with Crippen molar-refractivity contribution in [1.82, 2.24) is 14.9 Å². The molecule has 0 aliphatic rings. The maximum absolute atomic E-state index is 10.6. The molecular formula is C13H19ClF3N3O2. The van der Waals surface area contributed by atoms with Crippen LogP contribution in [-0.4, -0.2) is 45.2 Å². The first-order valence-electron chi connectivity index (χ1n) is 6.69. The Balaban J connectivity index is 0.000000534. The van der Waals surface area contributed by atoms with Gasteiger partial charge in [0.05, 0.1) is 0 Å². The van der Waals surface area contributed by atoms with E-state index in [1.54, 1.807) is 12.4 Å². The minimum absolute atomic E-state index is 0.315. The fourth-order valence-corrected chi connectivity index (χ4v) is 1.51. The molecule has 1 heterocycles. The number of aliphatic carboxylic acids is 1. The number of hydrogen-bond donors (Lipinski definition) is 1. The van der Waals surface area contributed by atoms with Crippen LogP contribution in [0.3, 0.4) is 0 Å². The molecule has 1 N–H and O–H groups in total. The van der Waals surface area contributed by atoms with E-state index in [0.29, 0.717) is 5.28 Å². The average molecular weight is 342 g/mol. The summed E-state index contributed by atoms with van der Waals surface area (Å²) < 4.78 is 31.7. The Kier molecular flexibility index (Phi) is 9.68. The summed E-state index contributed by atoms with van der Waals surface area (Å²) >= 11 is 5.63. The number of unbranched alkanes of at least 4 members (excludes halogenated alkanes) is 1. The first-order valence-corrected chi connectivity index (χ1v) is 7.07. The van der Waals surface area contributed by atoms with Gasteiger partial charge in [-0.3, -0.25) is 4.90 Å². The third-order valence-electron chi connectivity index (χ3n) is 2.60. The Labute approximate surface area is 132 Å². The molecule has 0 aliphatic heterocycles. The highest BCUT2D eigenvalue weighted by atomic mass is 35.5. The average Bonchev–Trinajstić information content (AvgIpc) is 2.45. The molecule has 0 radical (unpaired) electrons. The monoisotopic (exact) mass is 341 g/mol. The van der Waals surface area contributed by atoms with Crippen LogP contribution in [0.4, 0.5) is 13.2 Å². The normalized spacial score (nSPS) is 11.0. The van der Waals surface area contributed by atoms with E-state index in [-0.39, 0.29) is 0 Å². The number of hydrogen-bond acceptors (Lipinski definition) is 4. The summed E-state index contributed by atoms with van der Waals surface area (Å²) in [6, 6.07) is 0. The maximum atomic E-state index is 10.6. The number of carboxylic acid groups (broad SMARTS) is 1. The summed E-state index contributed by atoms with van der Waals surface area (Å²) in [5.74, 6) is -2.76. The lowest BCUT2D eigenvalue weighted by Crippen LogP contribution is -2.24. The predicted octanol–water partition coefficient (Wildman–Crippen LogP) is 3.39. The largest absolute Gasteiger partial charge is 0.490 e. The molecular weight excluding hydrogens is 323 g/mol. The standard InChI is InChI=1S/C11H18ClN3.C2HF3O2/c1-3-5-6-15(4-2)9-10-7-13-11(12)14-8-10;3-2(4,5)1(6)7/h7-8H,3-6,9H2,1-2H3;(H,6,7). The molecule has 126 valence electrons. The van der Waals surface area contributed by atoms with Crippen molar-refractivity contribution in [2.75, 3.05) is 13.1 Å². The molecule has 22 heavy (non-hydrogen) atoms. The molecule has 1 rings (SSSR count). The van der Waals surface area contributed by atoms with E-state index in [4.69, 9.17) is 21.5 Å². The van der Waals surface area contributed by atoms with E-state index in [2.05, 4.69) is 28.7 Å². The van der Waals surface area contributed by atoms with Crippen molar-refractivity contribution in [2.45, 2.75) is 39.4 Å². The van der Waals surface area contributed by atoms with Crippen LogP contribution in [-0.2, 0) is 11.3 Å². The second kappa shape index (κ2) is 10.3. The summed E-state index contributed by atoms with van der Waals surface area (Å²) in [5.41, 5.74) is 1.12. The van der Waals surface area contributed by atoms with Crippen LogP contribution in [0.25, 0.3) is 0 Å².